The Morgan fingerprint density at radius 1 is 1.39 bits per heavy atom. The lowest BCUT2D eigenvalue weighted by molar-refractivity contribution is 0.0621. The number of carbonyl (C=O) groups excluding carboxylic acids is 1. The summed E-state index contributed by atoms with van der Waals surface area (Å²) in [6, 6.07) is 9.76. The van der Waals surface area contributed by atoms with Crippen LogP contribution in [-0.4, -0.2) is 35.6 Å². The molecule has 1 atom stereocenters. The quantitative estimate of drug-likeness (QED) is 0.885. The summed E-state index contributed by atoms with van der Waals surface area (Å²) in [4.78, 5) is 14.5. The second kappa shape index (κ2) is 7.62. The minimum absolute atomic E-state index is 0.0577. The van der Waals surface area contributed by atoms with Gasteiger partial charge in [-0.05, 0) is 59.3 Å². The minimum atomic E-state index is 0.0577. The first-order valence-electron chi connectivity index (χ1n) is 8.01. The van der Waals surface area contributed by atoms with Crippen LogP contribution < -0.4 is 5.32 Å². The van der Waals surface area contributed by atoms with Crippen LogP contribution >= 0.6 is 11.3 Å². The number of nitrogens with one attached hydrogen (secondary N) is 1. The van der Waals surface area contributed by atoms with Crippen molar-refractivity contribution in [2.24, 2.45) is 5.92 Å². The molecule has 0 spiro atoms. The molecule has 1 fully saturated rings. The Kier molecular flexibility index (Phi) is 5.31. The Morgan fingerprint density at radius 2 is 2.30 bits per heavy atom. The van der Waals surface area contributed by atoms with E-state index < -0.39 is 0 Å². The van der Waals surface area contributed by atoms with Crippen molar-refractivity contribution in [2.75, 3.05) is 25.0 Å². The number of rotatable bonds is 5. The smallest absolute Gasteiger partial charge is 0.253 e. The van der Waals surface area contributed by atoms with Gasteiger partial charge >= 0.3 is 0 Å². The number of piperidine rings is 1. The molecule has 0 aliphatic carbocycles. The molecule has 3 rings (SSSR count). The highest BCUT2D eigenvalue weighted by molar-refractivity contribution is 7.07. The molecule has 1 aliphatic rings. The van der Waals surface area contributed by atoms with Crippen molar-refractivity contribution >= 4 is 22.9 Å². The van der Waals surface area contributed by atoms with E-state index in [4.69, 9.17) is 0 Å². The zero-order valence-electron chi connectivity index (χ0n) is 13.1. The standard InChI is InChI=1S/C18H22N2O2S/c21-12-15-3-2-7-20(11-15)18(22)16-4-1-5-17(9-16)19-10-14-6-8-23-13-14/h1,4-6,8-9,13,15,19,21H,2-3,7,10-12H2. The molecule has 0 radical (unpaired) electrons. The number of thiophene rings is 1. The summed E-state index contributed by atoms with van der Waals surface area (Å²) >= 11 is 1.68. The first-order chi connectivity index (χ1) is 11.3. The first kappa shape index (κ1) is 16.0. The predicted octanol–water partition coefficient (Wildman–Crippen LogP) is 3.20. The predicted molar refractivity (Wildman–Crippen MR) is 93.8 cm³/mol. The van der Waals surface area contributed by atoms with Gasteiger partial charge in [0.15, 0.2) is 0 Å². The Balaban J connectivity index is 1.65. The lowest BCUT2D eigenvalue weighted by Gasteiger charge is -2.32. The molecule has 1 unspecified atom stereocenters. The van der Waals surface area contributed by atoms with Crippen LogP contribution in [0.25, 0.3) is 0 Å². The minimum Gasteiger partial charge on any atom is -0.396 e. The van der Waals surface area contributed by atoms with Gasteiger partial charge in [-0.3, -0.25) is 4.79 Å². The molecule has 1 aromatic heterocycles. The summed E-state index contributed by atoms with van der Waals surface area (Å²) in [7, 11) is 0. The van der Waals surface area contributed by atoms with Crippen LogP contribution in [0, 0.1) is 5.92 Å². The van der Waals surface area contributed by atoms with Crippen LogP contribution in [-0.2, 0) is 6.54 Å². The molecule has 122 valence electrons. The molecular weight excluding hydrogens is 308 g/mol. The number of nitrogens with zero attached hydrogens (tertiary/aromatic N) is 1. The summed E-state index contributed by atoms with van der Waals surface area (Å²) in [5, 5.41) is 16.9. The fourth-order valence-electron chi connectivity index (χ4n) is 2.94. The average molecular weight is 330 g/mol. The van der Waals surface area contributed by atoms with E-state index in [9.17, 15) is 9.90 Å². The number of hydrogen-bond donors (Lipinski definition) is 2. The van der Waals surface area contributed by atoms with Crippen LogP contribution in [0.1, 0.15) is 28.8 Å². The number of aliphatic hydroxyl groups is 1. The molecule has 1 amide bonds. The molecule has 5 heteroatoms. The SMILES string of the molecule is O=C(c1cccc(NCc2ccsc2)c1)N1CCCC(CO)C1. The molecule has 0 saturated carbocycles. The number of anilines is 1. The molecule has 4 nitrogen and oxygen atoms in total. The van der Waals surface area contributed by atoms with E-state index in [0.29, 0.717) is 12.1 Å². The van der Waals surface area contributed by atoms with Crippen LogP contribution in [0.2, 0.25) is 0 Å². The topological polar surface area (TPSA) is 52.6 Å². The van der Waals surface area contributed by atoms with E-state index in [2.05, 4.69) is 22.1 Å². The fraction of sp³-hybridized carbons (Fsp3) is 0.389. The molecule has 0 bridgehead atoms. The van der Waals surface area contributed by atoms with Crippen molar-refractivity contribution in [3.05, 3.63) is 52.2 Å². The summed E-state index contributed by atoms with van der Waals surface area (Å²) in [6.07, 6.45) is 1.97. The third-order valence-electron chi connectivity index (χ3n) is 4.25. The highest BCUT2D eigenvalue weighted by Gasteiger charge is 2.24. The van der Waals surface area contributed by atoms with Gasteiger partial charge in [0.25, 0.3) is 5.91 Å². The molecule has 1 saturated heterocycles. The van der Waals surface area contributed by atoms with Crippen molar-refractivity contribution in [3.8, 4) is 0 Å². The highest BCUT2D eigenvalue weighted by atomic mass is 32.1. The third kappa shape index (κ3) is 4.12. The maximum absolute atomic E-state index is 12.7. The van der Waals surface area contributed by atoms with Crippen LogP contribution in [0.4, 0.5) is 5.69 Å². The van der Waals surface area contributed by atoms with Crippen molar-refractivity contribution in [3.63, 3.8) is 0 Å². The van der Waals surface area contributed by atoms with E-state index >= 15 is 0 Å². The number of benzene rings is 1. The Bertz CT molecular complexity index is 642. The van der Waals surface area contributed by atoms with Gasteiger partial charge in [0, 0.05) is 37.5 Å². The van der Waals surface area contributed by atoms with Crippen molar-refractivity contribution < 1.29 is 9.90 Å². The van der Waals surface area contributed by atoms with Crippen LogP contribution in [0.5, 0.6) is 0 Å². The van der Waals surface area contributed by atoms with Gasteiger partial charge in [-0.1, -0.05) is 6.07 Å². The van der Waals surface area contributed by atoms with Gasteiger partial charge in [0.1, 0.15) is 0 Å². The molecule has 1 aromatic carbocycles. The number of likely N-dealkylation sites (tertiary alicyclic amines) is 1. The van der Waals surface area contributed by atoms with Crippen LogP contribution in [0.15, 0.2) is 41.1 Å². The Hall–Kier alpha value is -1.85. The number of amides is 1. The van der Waals surface area contributed by atoms with E-state index in [1.807, 2.05) is 29.2 Å². The summed E-state index contributed by atoms with van der Waals surface area (Å²) in [5.41, 5.74) is 2.91. The van der Waals surface area contributed by atoms with Crippen molar-refractivity contribution in [2.45, 2.75) is 19.4 Å². The van der Waals surface area contributed by atoms with Crippen LogP contribution in [0.3, 0.4) is 0 Å². The van der Waals surface area contributed by atoms with Gasteiger partial charge in [-0.25, -0.2) is 0 Å². The highest BCUT2D eigenvalue weighted by Crippen LogP contribution is 2.20. The monoisotopic (exact) mass is 330 g/mol. The second-order valence-corrected chi connectivity index (χ2v) is 6.79. The van der Waals surface area contributed by atoms with E-state index in [1.54, 1.807) is 11.3 Å². The van der Waals surface area contributed by atoms with E-state index in [1.165, 1.54) is 5.56 Å². The van der Waals surface area contributed by atoms with Crippen molar-refractivity contribution in [1.29, 1.82) is 0 Å². The van der Waals surface area contributed by atoms with Gasteiger partial charge in [0.2, 0.25) is 0 Å². The summed E-state index contributed by atoms with van der Waals surface area (Å²) < 4.78 is 0. The molecule has 1 aliphatic heterocycles. The van der Waals surface area contributed by atoms with Crippen molar-refractivity contribution in [1.82, 2.24) is 4.90 Å². The zero-order valence-corrected chi connectivity index (χ0v) is 13.9. The summed E-state index contributed by atoms with van der Waals surface area (Å²) in [5.74, 6) is 0.273. The maximum Gasteiger partial charge on any atom is 0.253 e. The fourth-order valence-corrected chi connectivity index (χ4v) is 3.61. The van der Waals surface area contributed by atoms with Gasteiger partial charge in [-0.2, -0.15) is 11.3 Å². The van der Waals surface area contributed by atoms with E-state index in [0.717, 1.165) is 31.6 Å². The van der Waals surface area contributed by atoms with Gasteiger partial charge in [-0.15, -0.1) is 0 Å². The Labute approximate surface area is 140 Å². The maximum atomic E-state index is 12.7. The Morgan fingerprint density at radius 3 is 3.09 bits per heavy atom. The third-order valence-corrected chi connectivity index (χ3v) is 4.98. The molecule has 2 heterocycles. The average Bonchev–Trinajstić information content (AvgIpc) is 3.13. The normalized spacial score (nSPS) is 18.0. The molecule has 2 N–H and O–H groups in total. The summed E-state index contributed by atoms with van der Waals surface area (Å²) in [6.45, 7) is 2.35. The number of carbonyl (C=O) groups is 1. The lowest BCUT2D eigenvalue weighted by Crippen LogP contribution is -2.40. The second-order valence-electron chi connectivity index (χ2n) is 6.01. The largest absolute Gasteiger partial charge is 0.396 e. The van der Waals surface area contributed by atoms with Gasteiger partial charge < -0.3 is 15.3 Å². The van der Waals surface area contributed by atoms with Gasteiger partial charge in [0.05, 0.1) is 0 Å². The first-order valence-corrected chi connectivity index (χ1v) is 8.95. The number of aliphatic hydroxyl groups excluding tert-OH is 1. The molecular formula is C18H22N2O2S. The lowest BCUT2D eigenvalue weighted by atomic mass is 9.98. The molecule has 2 aromatic rings. The van der Waals surface area contributed by atoms with E-state index in [-0.39, 0.29) is 18.4 Å². The molecule has 23 heavy (non-hydrogen) atoms. The zero-order chi connectivity index (χ0) is 16.1. The number of hydrogen-bond acceptors (Lipinski definition) is 4.